The van der Waals surface area contributed by atoms with Gasteiger partial charge in [-0.3, -0.25) is 4.79 Å². The summed E-state index contributed by atoms with van der Waals surface area (Å²) in [6.45, 7) is 2.06. The normalized spacial score (nSPS) is 11.0. The van der Waals surface area contributed by atoms with Gasteiger partial charge in [-0.25, -0.2) is 13.8 Å². The lowest BCUT2D eigenvalue weighted by Gasteiger charge is -2.05. The van der Waals surface area contributed by atoms with Crippen LogP contribution in [0, 0.1) is 11.6 Å². The van der Waals surface area contributed by atoms with E-state index in [4.69, 9.17) is 0 Å². The Hall–Kier alpha value is -2.41. The Labute approximate surface area is 141 Å². The van der Waals surface area contributed by atoms with Gasteiger partial charge in [0.15, 0.2) is 16.8 Å². The molecule has 3 rings (SSSR count). The van der Waals surface area contributed by atoms with Crippen molar-refractivity contribution in [2.45, 2.75) is 18.5 Å². The van der Waals surface area contributed by atoms with Crippen molar-refractivity contribution in [3.05, 3.63) is 53.6 Å². The molecule has 3 aromatic rings. The Morgan fingerprint density at radius 2 is 1.92 bits per heavy atom. The van der Waals surface area contributed by atoms with Crippen molar-refractivity contribution in [1.82, 2.24) is 9.97 Å². The first-order chi connectivity index (χ1) is 11.5. The lowest BCUT2D eigenvalue weighted by atomic mass is 10.1. The molecule has 24 heavy (non-hydrogen) atoms. The Morgan fingerprint density at radius 3 is 2.62 bits per heavy atom. The van der Waals surface area contributed by atoms with E-state index in [2.05, 4.69) is 22.2 Å². The number of H-pyrrole nitrogens is 1. The fourth-order valence-electron chi connectivity index (χ4n) is 2.20. The lowest BCUT2D eigenvalue weighted by molar-refractivity contribution is -0.113. The number of aromatic nitrogens is 2. The van der Waals surface area contributed by atoms with Crippen LogP contribution >= 0.6 is 11.8 Å². The summed E-state index contributed by atoms with van der Waals surface area (Å²) in [5, 5.41) is 3.23. The number of thioether (sulfide) groups is 1. The molecule has 1 heterocycles. The maximum atomic E-state index is 13.2. The number of hydrogen-bond donors (Lipinski definition) is 2. The Morgan fingerprint density at radius 1 is 1.21 bits per heavy atom. The monoisotopic (exact) mass is 347 g/mol. The lowest BCUT2D eigenvalue weighted by Crippen LogP contribution is -2.14. The molecule has 0 atom stereocenters. The van der Waals surface area contributed by atoms with Gasteiger partial charge in [0.05, 0.1) is 16.8 Å². The highest BCUT2D eigenvalue weighted by molar-refractivity contribution is 7.99. The van der Waals surface area contributed by atoms with Crippen LogP contribution in [-0.4, -0.2) is 21.6 Å². The number of nitrogens with one attached hydrogen (secondary N) is 2. The molecule has 0 radical (unpaired) electrons. The number of fused-ring (bicyclic) bond motifs is 1. The molecular weight excluding hydrogens is 332 g/mol. The van der Waals surface area contributed by atoms with Gasteiger partial charge in [0, 0.05) is 17.8 Å². The zero-order valence-corrected chi connectivity index (χ0v) is 13.7. The summed E-state index contributed by atoms with van der Waals surface area (Å²) in [5.74, 6) is -1.92. The van der Waals surface area contributed by atoms with Gasteiger partial charge in [-0.05, 0) is 24.1 Å². The molecule has 0 fully saturated rings. The number of amides is 1. The van der Waals surface area contributed by atoms with Crippen molar-refractivity contribution in [3.63, 3.8) is 0 Å². The first-order valence-electron chi connectivity index (χ1n) is 7.41. The average Bonchev–Trinajstić information content (AvgIpc) is 2.96. The van der Waals surface area contributed by atoms with E-state index >= 15 is 0 Å². The standard InChI is InChI=1S/C17H15F2N3OS/c1-2-10-3-5-11(6-4-10)20-16(23)9-24-17-21-14-7-12(18)13(19)8-15(14)22-17/h3-8H,2,9H2,1H3,(H,20,23)(H,21,22). The zero-order chi connectivity index (χ0) is 17.1. The highest BCUT2D eigenvalue weighted by atomic mass is 32.2. The summed E-state index contributed by atoms with van der Waals surface area (Å²) in [6.07, 6.45) is 0.942. The van der Waals surface area contributed by atoms with E-state index in [9.17, 15) is 13.6 Å². The number of rotatable bonds is 5. The van der Waals surface area contributed by atoms with E-state index in [0.717, 1.165) is 24.2 Å². The molecule has 0 spiro atoms. The van der Waals surface area contributed by atoms with Crippen molar-refractivity contribution < 1.29 is 13.6 Å². The summed E-state index contributed by atoms with van der Waals surface area (Å²) in [5.41, 5.74) is 2.65. The van der Waals surface area contributed by atoms with Crippen molar-refractivity contribution in [3.8, 4) is 0 Å². The van der Waals surface area contributed by atoms with E-state index in [1.807, 2.05) is 24.3 Å². The molecule has 0 bridgehead atoms. The predicted octanol–water partition coefficient (Wildman–Crippen LogP) is 4.13. The van der Waals surface area contributed by atoms with Crippen LogP contribution in [0.1, 0.15) is 12.5 Å². The second-order valence-corrected chi connectivity index (χ2v) is 6.18. The summed E-state index contributed by atoms with van der Waals surface area (Å²) < 4.78 is 26.3. The highest BCUT2D eigenvalue weighted by Gasteiger charge is 2.10. The van der Waals surface area contributed by atoms with Gasteiger partial charge < -0.3 is 10.3 Å². The third kappa shape index (κ3) is 3.73. The fraction of sp³-hybridized carbons (Fsp3) is 0.176. The van der Waals surface area contributed by atoms with E-state index in [1.165, 1.54) is 17.3 Å². The first kappa shape index (κ1) is 16.4. The molecular formula is C17H15F2N3OS. The van der Waals surface area contributed by atoms with Crippen LogP contribution in [0.25, 0.3) is 11.0 Å². The molecule has 0 aliphatic heterocycles. The van der Waals surface area contributed by atoms with Crippen LogP contribution in [0.5, 0.6) is 0 Å². The maximum Gasteiger partial charge on any atom is 0.234 e. The molecule has 1 aromatic heterocycles. The molecule has 7 heteroatoms. The van der Waals surface area contributed by atoms with Gasteiger partial charge in [-0.15, -0.1) is 0 Å². The number of halogens is 2. The number of imidazole rings is 1. The first-order valence-corrected chi connectivity index (χ1v) is 8.40. The van der Waals surface area contributed by atoms with E-state index in [1.54, 1.807) is 0 Å². The van der Waals surface area contributed by atoms with Crippen LogP contribution in [0.3, 0.4) is 0 Å². The minimum Gasteiger partial charge on any atom is -0.333 e. The third-order valence-corrected chi connectivity index (χ3v) is 4.36. The number of nitrogens with zero attached hydrogens (tertiary/aromatic N) is 1. The van der Waals surface area contributed by atoms with E-state index < -0.39 is 11.6 Å². The topological polar surface area (TPSA) is 57.8 Å². The summed E-state index contributed by atoms with van der Waals surface area (Å²) in [4.78, 5) is 19.0. The SMILES string of the molecule is CCc1ccc(NC(=O)CSc2nc3cc(F)c(F)cc3[nH]2)cc1. The number of benzene rings is 2. The molecule has 0 saturated heterocycles. The molecule has 124 valence electrons. The number of hydrogen-bond acceptors (Lipinski definition) is 3. The van der Waals surface area contributed by atoms with Crippen LogP contribution in [-0.2, 0) is 11.2 Å². The Kier molecular flexibility index (Phi) is 4.80. The molecule has 0 unspecified atom stereocenters. The molecule has 2 N–H and O–H groups in total. The summed E-state index contributed by atoms with van der Waals surface area (Å²) >= 11 is 1.17. The van der Waals surface area contributed by atoms with Gasteiger partial charge in [-0.2, -0.15) is 0 Å². The number of aromatic amines is 1. The number of carbonyl (C=O) groups is 1. The van der Waals surface area contributed by atoms with Crippen molar-refractivity contribution in [1.29, 1.82) is 0 Å². The third-order valence-electron chi connectivity index (χ3n) is 3.49. The Bertz CT molecular complexity index is 838. The molecule has 0 aliphatic carbocycles. The number of aryl methyl sites for hydroxylation is 1. The predicted molar refractivity (Wildman–Crippen MR) is 91.2 cm³/mol. The van der Waals surface area contributed by atoms with Crippen LogP contribution in [0.4, 0.5) is 14.5 Å². The maximum absolute atomic E-state index is 13.2. The molecule has 0 aliphatic rings. The van der Waals surface area contributed by atoms with Gasteiger partial charge >= 0.3 is 0 Å². The smallest absolute Gasteiger partial charge is 0.234 e. The molecule has 4 nitrogen and oxygen atoms in total. The minimum atomic E-state index is -0.946. The zero-order valence-electron chi connectivity index (χ0n) is 12.9. The van der Waals surface area contributed by atoms with Gasteiger partial charge in [0.25, 0.3) is 0 Å². The van der Waals surface area contributed by atoms with E-state index in [-0.39, 0.29) is 11.7 Å². The molecule has 0 saturated carbocycles. The number of anilines is 1. The molecule has 2 aromatic carbocycles. The van der Waals surface area contributed by atoms with Crippen molar-refractivity contribution >= 4 is 34.4 Å². The summed E-state index contributed by atoms with van der Waals surface area (Å²) in [6, 6.07) is 9.72. The largest absolute Gasteiger partial charge is 0.333 e. The fourth-order valence-corrected chi connectivity index (χ4v) is 2.89. The van der Waals surface area contributed by atoms with Crippen molar-refractivity contribution in [2.75, 3.05) is 11.1 Å². The summed E-state index contributed by atoms with van der Waals surface area (Å²) in [7, 11) is 0. The van der Waals surface area contributed by atoms with Gasteiger partial charge in [0.1, 0.15) is 0 Å². The quantitative estimate of drug-likeness (QED) is 0.682. The van der Waals surface area contributed by atoms with E-state index in [0.29, 0.717) is 16.2 Å². The van der Waals surface area contributed by atoms with Crippen LogP contribution in [0.2, 0.25) is 0 Å². The Balaban J connectivity index is 1.61. The van der Waals surface area contributed by atoms with Gasteiger partial charge in [-0.1, -0.05) is 30.8 Å². The van der Waals surface area contributed by atoms with Crippen molar-refractivity contribution in [2.24, 2.45) is 0 Å². The highest BCUT2D eigenvalue weighted by Crippen LogP contribution is 2.22. The number of carbonyl (C=O) groups excluding carboxylic acids is 1. The average molecular weight is 347 g/mol. The van der Waals surface area contributed by atoms with Gasteiger partial charge in [0.2, 0.25) is 5.91 Å². The molecule has 1 amide bonds. The van der Waals surface area contributed by atoms with Crippen LogP contribution < -0.4 is 5.32 Å². The second kappa shape index (κ2) is 7.00. The minimum absolute atomic E-state index is 0.139. The van der Waals surface area contributed by atoms with Crippen LogP contribution in [0.15, 0.2) is 41.6 Å². The second-order valence-electron chi connectivity index (χ2n) is 5.21.